The minimum atomic E-state index is -0.880. The van der Waals surface area contributed by atoms with Crippen molar-refractivity contribution in [1.29, 1.82) is 0 Å². The highest BCUT2D eigenvalue weighted by molar-refractivity contribution is 5.69. The van der Waals surface area contributed by atoms with Crippen molar-refractivity contribution < 1.29 is 20.2 Å². The van der Waals surface area contributed by atoms with Gasteiger partial charge in [0, 0.05) is 12.8 Å². The summed E-state index contributed by atoms with van der Waals surface area (Å²) in [5.74, 6) is -1.37. The topological polar surface area (TPSA) is 90.1 Å². The summed E-state index contributed by atoms with van der Waals surface area (Å²) in [6, 6.07) is 0. The third-order valence-electron chi connectivity index (χ3n) is 1.79. The van der Waals surface area contributed by atoms with Gasteiger partial charge < -0.3 is 15.4 Å². The Morgan fingerprint density at radius 1 is 1.46 bits per heavy atom. The van der Waals surface area contributed by atoms with Gasteiger partial charge in [-0.3, -0.25) is 4.79 Å². The molecule has 76 valence electrons. The Kier molecular flexibility index (Phi) is 6.91. The van der Waals surface area contributed by atoms with Gasteiger partial charge in [-0.05, 0) is 25.7 Å². The van der Waals surface area contributed by atoms with Crippen LogP contribution >= 0.6 is 0 Å². The molecule has 0 rings (SSSR count). The van der Waals surface area contributed by atoms with Crippen LogP contribution in [0.1, 0.15) is 25.7 Å². The number of aliphatic hydroxyl groups is 1. The second kappa shape index (κ2) is 7.54. The van der Waals surface area contributed by atoms with E-state index in [1.165, 1.54) is 6.21 Å². The van der Waals surface area contributed by atoms with E-state index in [0.29, 0.717) is 19.3 Å². The van der Waals surface area contributed by atoms with E-state index in [9.17, 15) is 4.79 Å². The van der Waals surface area contributed by atoms with Crippen LogP contribution in [-0.4, -0.2) is 34.2 Å². The van der Waals surface area contributed by atoms with Crippen LogP contribution < -0.4 is 0 Å². The predicted molar refractivity (Wildman–Crippen MR) is 47.0 cm³/mol. The Balaban J connectivity index is 3.63. The van der Waals surface area contributed by atoms with Gasteiger partial charge in [-0.1, -0.05) is 0 Å². The summed E-state index contributed by atoms with van der Waals surface area (Å²) in [6.07, 6.45) is 3.33. The van der Waals surface area contributed by atoms with Crippen LogP contribution in [0.4, 0.5) is 0 Å². The fraction of sp³-hybridized carbons (Fsp3) is 0.750. The van der Waals surface area contributed by atoms with E-state index in [1.54, 1.807) is 0 Å². The molecule has 1 unspecified atom stereocenters. The molecule has 13 heavy (non-hydrogen) atoms. The van der Waals surface area contributed by atoms with Gasteiger partial charge in [-0.15, -0.1) is 5.16 Å². The van der Waals surface area contributed by atoms with E-state index in [2.05, 4.69) is 5.16 Å². The number of carbonyl (C=O) groups is 1. The standard InChI is InChI=1S/C8H15NO4/c10-6-4-7(8(11)12)3-1-2-5-9-13/h5,7,10,13H,1-4,6H2,(H,11,12). The smallest absolute Gasteiger partial charge is 0.306 e. The molecule has 0 spiro atoms. The number of carboxylic acids is 1. The Morgan fingerprint density at radius 3 is 2.62 bits per heavy atom. The second-order valence-corrected chi connectivity index (χ2v) is 2.78. The van der Waals surface area contributed by atoms with Crippen molar-refractivity contribution in [2.24, 2.45) is 11.1 Å². The van der Waals surface area contributed by atoms with Crippen LogP contribution in [0.3, 0.4) is 0 Å². The molecule has 0 aromatic rings. The molecular formula is C8H15NO4. The van der Waals surface area contributed by atoms with Gasteiger partial charge in [-0.2, -0.15) is 0 Å². The van der Waals surface area contributed by atoms with Crippen LogP contribution in [0.2, 0.25) is 0 Å². The molecule has 5 heteroatoms. The van der Waals surface area contributed by atoms with Crippen molar-refractivity contribution >= 4 is 12.2 Å². The van der Waals surface area contributed by atoms with Crippen LogP contribution in [0.15, 0.2) is 5.16 Å². The van der Waals surface area contributed by atoms with Crippen LogP contribution in [-0.2, 0) is 4.79 Å². The lowest BCUT2D eigenvalue weighted by Crippen LogP contribution is -2.15. The lowest BCUT2D eigenvalue weighted by atomic mass is 9.99. The summed E-state index contributed by atoms with van der Waals surface area (Å²) in [5.41, 5.74) is 0. The van der Waals surface area contributed by atoms with Crippen molar-refractivity contribution in [1.82, 2.24) is 0 Å². The SMILES string of the molecule is O=C(O)C(CCO)CCCC=NO. The Morgan fingerprint density at radius 2 is 2.15 bits per heavy atom. The minimum Gasteiger partial charge on any atom is -0.481 e. The molecule has 5 nitrogen and oxygen atoms in total. The third kappa shape index (κ3) is 6.10. The Labute approximate surface area is 76.7 Å². The molecule has 0 aromatic carbocycles. The zero-order valence-electron chi connectivity index (χ0n) is 7.39. The molecule has 0 bridgehead atoms. The number of aliphatic hydroxyl groups excluding tert-OH is 1. The number of aliphatic carboxylic acids is 1. The maximum absolute atomic E-state index is 10.6. The van der Waals surface area contributed by atoms with Crippen molar-refractivity contribution in [3.8, 4) is 0 Å². The fourth-order valence-electron chi connectivity index (χ4n) is 1.06. The number of oxime groups is 1. The largest absolute Gasteiger partial charge is 0.481 e. The average Bonchev–Trinajstić information content (AvgIpc) is 2.10. The van der Waals surface area contributed by atoms with Gasteiger partial charge in [0.2, 0.25) is 0 Å². The summed E-state index contributed by atoms with van der Waals surface area (Å²) in [4.78, 5) is 10.6. The Hall–Kier alpha value is -1.10. The number of hydrogen-bond donors (Lipinski definition) is 3. The molecular weight excluding hydrogens is 174 g/mol. The molecule has 0 aliphatic carbocycles. The van der Waals surface area contributed by atoms with E-state index in [0.717, 1.165) is 0 Å². The maximum atomic E-state index is 10.6. The Bertz CT molecular complexity index is 170. The van der Waals surface area contributed by atoms with Crippen molar-refractivity contribution in [3.05, 3.63) is 0 Å². The molecule has 0 amide bonds. The lowest BCUT2D eigenvalue weighted by Gasteiger charge is -2.08. The highest BCUT2D eigenvalue weighted by Crippen LogP contribution is 2.11. The summed E-state index contributed by atoms with van der Waals surface area (Å²) >= 11 is 0. The zero-order chi connectivity index (χ0) is 10.1. The fourth-order valence-corrected chi connectivity index (χ4v) is 1.06. The number of hydrogen-bond acceptors (Lipinski definition) is 4. The molecule has 0 fully saturated rings. The first kappa shape index (κ1) is 11.9. The summed E-state index contributed by atoms with van der Waals surface area (Å²) in [5, 5.41) is 28.1. The van der Waals surface area contributed by atoms with Crippen LogP contribution in [0.5, 0.6) is 0 Å². The second-order valence-electron chi connectivity index (χ2n) is 2.78. The number of rotatable bonds is 7. The molecule has 0 aliphatic heterocycles. The van der Waals surface area contributed by atoms with E-state index in [4.69, 9.17) is 15.4 Å². The molecule has 0 radical (unpaired) electrons. The molecule has 3 N–H and O–H groups in total. The van der Waals surface area contributed by atoms with Crippen molar-refractivity contribution in [2.45, 2.75) is 25.7 Å². The zero-order valence-corrected chi connectivity index (χ0v) is 7.39. The highest BCUT2D eigenvalue weighted by Gasteiger charge is 2.15. The van der Waals surface area contributed by atoms with Crippen molar-refractivity contribution in [2.75, 3.05) is 6.61 Å². The maximum Gasteiger partial charge on any atom is 0.306 e. The van der Waals surface area contributed by atoms with Crippen molar-refractivity contribution in [3.63, 3.8) is 0 Å². The van der Waals surface area contributed by atoms with Gasteiger partial charge >= 0.3 is 5.97 Å². The monoisotopic (exact) mass is 189 g/mol. The van der Waals surface area contributed by atoms with Gasteiger partial charge in [0.25, 0.3) is 0 Å². The molecule has 0 saturated carbocycles. The molecule has 0 saturated heterocycles. The molecule has 0 aliphatic rings. The highest BCUT2D eigenvalue weighted by atomic mass is 16.4. The van der Waals surface area contributed by atoms with Gasteiger partial charge in [0.05, 0.1) is 5.92 Å². The summed E-state index contributed by atoms with van der Waals surface area (Å²) < 4.78 is 0. The van der Waals surface area contributed by atoms with Gasteiger partial charge in [0.15, 0.2) is 0 Å². The normalized spacial score (nSPS) is 13.3. The summed E-state index contributed by atoms with van der Waals surface area (Å²) in [6.45, 7) is -0.106. The van der Waals surface area contributed by atoms with Crippen LogP contribution in [0, 0.1) is 5.92 Å². The number of nitrogens with zero attached hydrogens (tertiary/aromatic N) is 1. The van der Waals surface area contributed by atoms with Gasteiger partial charge in [-0.25, -0.2) is 0 Å². The van der Waals surface area contributed by atoms with E-state index in [1.807, 2.05) is 0 Å². The van der Waals surface area contributed by atoms with E-state index in [-0.39, 0.29) is 13.0 Å². The first-order valence-electron chi connectivity index (χ1n) is 4.22. The lowest BCUT2D eigenvalue weighted by molar-refractivity contribution is -0.142. The molecule has 0 aromatic heterocycles. The predicted octanol–water partition coefficient (Wildman–Crippen LogP) is 0.700. The van der Waals surface area contributed by atoms with Gasteiger partial charge in [0.1, 0.15) is 0 Å². The number of unbranched alkanes of at least 4 members (excludes halogenated alkanes) is 1. The minimum absolute atomic E-state index is 0.106. The first-order valence-corrected chi connectivity index (χ1v) is 4.22. The molecule has 1 atom stereocenters. The summed E-state index contributed by atoms with van der Waals surface area (Å²) in [7, 11) is 0. The quantitative estimate of drug-likeness (QED) is 0.238. The third-order valence-corrected chi connectivity index (χ3v) is 1.79. The first-order chi connectivity index (χ1) is 6.22. The number of carboxylic acid groups (broad SMARTS) is 1. The average molecular weight is 189 g/mol. The van der Waals surface area contributed by atoms with E-state index < -0.39 is 11.9 Å². The molecule has 0 heterocycles. The van der Waals surface area contributed by atoms with E-state index >= 15 is 0 Å². The van der Waals surface area contributed by atoms with Crippen LogP contribution in [0.25, 0.3) is 0 Å².